The van der Waals surface area contributed by atoms with Gasteiger partial charge in [0.15, 0.2) is 5.78 Å². The van der Waals surface area contributed by atoms with Crippen LogP contribution in [0.4, 0.5) is 0 Å². The molecule has 0 saturated heterocycles. The van der Waals surface area contributed by atoms with Crippen molar-refractivity contribution in [2.24, 2.45) is 0 Å². The van der Waals surface area contributed by atoms with Gasteiger partial charge in [-0.2, -0.15) is 0 Å². The number of ketones is 1. The van der Waals surface area contributed by atoms with E-state index in [0.717, 1.165) is 0 Å². The summed E-state index contributed by atoms with van der Waals surface area (Å²) >= 11 is -4.85. The molecule has 0 fully saturated rings. The van der Waals surface area contributed by atoms with Crippen LogP contribution in [0.25, 0.3) is 0 Å². The number of hydrogen-bond donors (Lipinski definition) is 0. The SMILES string of the molecule is O=C(c1cccc(S(=O)[O-])c1)c1cccc(S(=O)[O-])c1. The fourth-order valence-corrected chi connectivity index (χ4v) is 2.47. The van der Waals surface area contributed by atoms with Crippen LogP contribution in [0.3, 0.4) is 0 Å². The van der Waals surface area contributed by atoms with Gasteiger partial charge in [0.05, 0.1) is 0 Å². The van der Waals surface area contributed by atoms with Gasteiger partial charge in [-0.3, -0.25) is 13.2 Å². The average molecular weight is 308 g/mol. The second kappa shape index (κ2) is 6.19. The molecular formula is C13H8O5S2-2. The Labute approximate surface area is 120 Å². The molecule has 0 amide bonds. The predicted octanol–water partition coefficient (Wildman–Crippen LogP) is 1.39. The second-order valence-electron chi connectivity index (χ2n) is 3.85. The van der Waals surface area contributed by atoms with Crippen molar-refractivity contribution in [1.29, 1.82) is 0 Å². The van der Waals surface area contributed by atoms with Crippen molar-refractivity contribution < 1.29 is 22.3 Å². The minimum Gasteiger partial charge on any atom is -0.768 e. The minimum absolute atomic E-state index is 0.000550. The fraction of sp³-hybridized carbons (Fsp3) is 0. The molecule has 2 atom stereocenters. The smallest absolute Gasteiger partial charge is 0.193 e. The molecule has 0 heterocycles. The normalized spacial score (nSPS) is 13.7. The third kappa shape index (κ3) is 3.26. The zero-order chi connectivity index (χ0) is 14.7. The molecule has 2 rings (SSSR count). The van der Waals surface area contributed by atoms with E-state index < -0.39 is 27.9 Å². The minimum atomic E-state index is -2.42. The second-order valence-corrected chi connectivity index (χ2v) is 5.74. The highest BCUT2D eigenvalue weighted by molar-refractivity contribution is 7.79. The topological polar surface area (TPSA) is 97.3 Å². The molecule has 0 N–H and O–H groups in total. The number of benzene rings is 2. The van der Waals surface area contributed by atoms with Gasteiger partial charge in [0, 0.05) is 20.9 Å². The van der Waals surface area contributed by atoms with Crippen LogP contribution in [-0.4, -0.2) is 23.3 Å². The monoisotopic (exact) mass is 308 g/mol. The summed E-state index contributed by atoms with van der Waals surface area (Å²) in [5, 5.41) is 0. The maximum Gasteiger partial charge on any atom is 0.193 e. The first-order valence-electron chi connectivity index (χ1n) is 5.42. The lowest BCUT2D eigenvalue weighted by molar-refractivity contribution is 0.103. The molecular weight excluding hydrogens is 300 g/mol. The van der Waals surface area contributed by atoms with Crippen molar-refractivity contribution in [3.8, 4) is 0 Å². The first kappa shape index (κ1) is 14.7. The molecule has 2 aromatic rings. The molecule has 0 saturated carbocycles. The van der Waals surface area contributed by atoms with Gasteiger partial charge in [0.25, 0.3) is 0 Å². The lowest BCUT2D eigenvalue weighted by Gasteiger charge is -2.09. The largest absolute Gasteiger partial charge is 0.768 e. The first-order chi connectivity index (χ1) is 9.49. The zero-order valence-electron chi connectivity index (χ0n) is 9.98. The molecule has 2 aromatic carbocycles. The maximum atomic E-state index is 12.2. The Morgan fingerprint density at radius 1 is 0.800 bits per heavy atom. The van der Waals surface area contributed by atoms with E-state index in [1.807, 2.05) is 0 Å². The molecule has 0 aliphatic rings. The number of carbonyl (C=O) groups excluding carboxylic acids is 1. The van der Waals surface area contributed by atoms with Gasteiger partial charge in [0.2, 0.25) is 0 Å². The average Bonchev–Trinajstić information content (AvgIpc) is 2.46. The summed E-state index contributed by atoms with van der Waals surface area (Å²) in [5.74, 6) is -0.440. The number of hydrogen-bond acceptors (Lipinski definition) is 5. The highest BCUT2D eigenvalue weighted by Crippen LogP contribution is 2.15. The summed E-state index contributed by atoms with van der Waals surface area (Å²) in [6, 6.07) is 11.1. The summed E-state index contributed by atoms with van der Waals surface area (Å²) in [6.07, 6.45) is 0. The third-order valence-corrected chi connectivity index (χ3v) is 3.86. The Morgan fingerprint density at radius 2 is 1.20 bits per heavy atom. The summed E-state index contributed by atoms with van der Waals surface area (Å²) in [4.78, 5) is 12.2. The molecule has 0 aliphatic heterocycles. The summed E-state index contributed by atoms with van der Waals surface area (Å²) in [6.45, 7) is 0. The van der Waals surface area contributed by atoms with Gasteiger partial charge >= 0.3 is 0 Å². The Kier molecular flexibility index (Phi) is 4.56. The van der Waals surface area contributed by atoms with Crippen LogP contribution in [0.2, 0.25) is 0 Å². The highest BCUT2D eigenvalue weighted by atomic mass is 32.2. The van der Waals surface area contributed by atoms with Crippen LogP contribution >= 0.6 is 0 Å². The Hall–Kier alpha value is -1.67. The molecule has 0 radical (unpaired) electrons. The number of carbonyl (C=O) groups is 1. The van der Waals surface area contributed by atoms with Crippen LogP contribution in [0, 0.1) is 0 Å². The molecule has 2 unspecified atom stereocenters. The maximum absolute atomic E-state index is 12.2. The van der Waals surface area contributed by atoms with Crippen molar-refractivity contribution in [3.63, 3.8) is 0 Å². The molecule has 0 aliphatic carbocycles. The van der Waals surface area contributed by atoms with Crippen LogP contribution in [-0.2, 0) is 22.2 Å². The van der Waals surface area contributed by atoms with Crippen LogP contribution in [0.15, 0.2) is 58.3 Å². The molecule has 104 valence electrons. The van der Waals surface area contributed by atoms with E-state index in [1.165, 1.54) is 48.5 Å². The third-order valence-electron chi connectivity index (χ3n) is 2.58. The molecule has 7 heteroatoms. The Bertz CT molecular complexity index is 652. The van der Waals surface area contributed by atoms with Gasteiger partial charge in [0.1, 0.15) is 0 Å². The molecule has 0 aromatic heterocycles. The predicted molar refractivity (Wildman–Crippen MR) is 70.7 cm³/mol. The van der Waals surface area contributed by atoms with Gasteiger partial charge in [-0.05, 0) is 46.4 Å². The first-order valence-corrected chi connectivity index (χ1v) is 7.57. The van der Waals surface area contributed by atoms with Crippen LogP contribution in [0.1, 0.15) is 15.9 Å². The van der Waals surface area contributed by atoms with Crippen LogP contribution in [0.5, 0.6) is 0 Å². The fourth-order valence-electron chi connectivity index (χ4n) is 1.65. The van der Waals surface area contributed by atoms with Gasteiger partial charge in [-0.25, -0.2) is 0 Å². The standard InChI is InChI=1S/C13H10O5S2/c14-13(9-3-1-5-11(7-9)19(15)16)10-4-2-6-12(8-10)20(17)18/h1-8H,(H,15,16)(H,17,18)/p-2. The van der Waals surface area contributed by atoms with E-state index in [2.05, 4.69) is 0 Å². The summed E-state index contributed by atoms with van der Waals surface area (Å²) in [7, 11) is 0. The van der Waals surface area contributed by atoms with Crippen molar-refractivity contribution in [2.75, 3.05) is 0 Å². The van der Waals surface area contributed by atoms with E-state index in [0.29, 0.717) is 0 Å². The molecule has 20 heavy (non-hydrogen) atoms. The molecule has 0 bridgehead atoms. The van der Waals surface area contributed by atoms with E-state index >= 15 is 0 Å². The van der Waals surface area contributed by atoms with Gasteiger partial charge in [-0.15, -0.1) is 0 Å². The lowest BCUT2D eigenvalue weighted by Crippen LogP contribution is -2.03. The van der Waals surface area contributed by atoms with Crippen molar-refractivity contribution >= 4 is 27.9 Å². The van der Waals surface area contributed by atoms with Crippen molar-refractivity contribution in [1.82, 2.24) is 0 Å². The molecule has 0 spiro atoms. The van der Waals surface area contributed by atoms with Gasteiger partial charge < -0.3 is 9.11 Å². The van der Waals surface area contributed by atoms with E-state index in [-0.39, 0.29) is 20.9 Å². The molecule has 5 nitrogen and oxygen atoms in total. The van der Waals surface area contributed by atoms with E-state index in [1.54, 1.807) is 0 Å². The zero-order valence-corrected chi connectivity index (χ0v) is 11.6. The lowest BCUT2D eigenvalue weighted by atomic mass is 10.0. The van der Waals surface area contributed by atoms with Gasteiger partial charge in [-0.1, -0.05) is 24.3 Å². The summed E-state index contributed by atoms with van der Waals surface area (Å²) < 4.78 is 43.5. The highest BCUT2D eigenvalue weighted by Gasteiger charge is 2.10. The quantitative estimate of drug-likeness (QED) is 0.628. The van der Waals surface area contributed by atoms with E-state index in [4.69, 9.17) is 0 Å². The Balaban J connectivity index is 2.41. The van der Waals surface area contributed by atoms with Crippen LogP contribution < -0.4 is 0 Å². The Morgan fingerprint density at radius 3 is 1.55 bits per heavy atom. The van der Waals surface area contributed by atoms with E-state index in [9.17, 15) is 22.3 Å². The summed E-state index contributed by atoms with van der Waals surface area (Å²) in [5.41, 5.74) is 0.362. The van der Waals surface area contributed by atoms with Crippen molar-refractivity contribution in [3.05, 3.63) is 59.7 Å². The number of rotatable bonds is 4. The van der Waals surface area contributed by atoms with Crippen molar-refractivity contribution in [2.45, 2.75) is 9.79 Å².